The lowest BCUT2D eigenvalue weighted by atomic mass is 10.2. The van der Waals surface area contributed by atoms with Gasteiger partial charge in [0.2, 0.25) is 0 Å². The summed E-state index contributed by atoms with van der Waals surface area (Å²) < 4.78 is 0. The third-order valence-electron chi connectivity index (χ3n) is 2.56. The molecule has 0 aromatic carbocycles. The Kier molecular flexibility index (Phi) is 3.99. The van der Waals surface area contributed by atoms with E-state index in [1.807, 2.05) is 31.4 Å². The van der Waals surface area contributed by atoms with Gasteiger partial charge in [0.25, 0.3) is 5.91 Å². The maximum absolute atomic E-state index is 12.1. The SMILES string of the molecule is CCc1ccsc1C(=O)Nc1cc(C)cnc1Cl. The van der Waals surface area contributed by atoms with Gasteiger partial charge in [-0.25, -0.2) is 4.98 Å². The number of carbonyl (C=O) groups excluding carboxylic acids is 1. The second-order valence-electron chi connectivity index (χ2n) is 3.93. The minimum Gasteiger partial charge on any atom is -0.319 e. The molecule has 0 fully saturated rings. The lowest BCUT2D eigenvalue weighted by Gasteiger charge is -2.07. The highest BCUT2D eigenvalue weighted by molar-refractivity contribution is 7.12. The summed E-state index contributed by atoms with van der Waals surface area (Å²) in [6.45, 7) is 3.93. The molecule has 5 heteroatoms. The van der Waals surface area contributed by atoms with Crippen LogP contribution in [0.1, 0.15) is 27.7 Å². The summed E-state index contributed by atoms with van der Waals surface area (Å²) in [5, 5.41) is 5.03. The number of carbonyl (C=O) groups is 1. The van der Waals surface area contributed by atoms with Gasteiger partial charge in [-0.15, -0.1) is 11.3 Å². The van der Waals surface area contributed by atoms with Gasteiger partial charge < -0.3 is 5.32 Å². The highest BCUT2D eigenvalue weighted by Gasteiger charge is 2.14. The van der Waals surface area contributed by atoms with Crippen LogP contribution in [0.15, 0.2) is 23.7 Å². The summed E-state index contributed by atoms with van der Waals surface area (Å²) in [4.78, 5) is 16.9. The van der Waals surface area contributed by atoms with Crippen LogP contribution in [0.2, 0.25) is 5.15 Å². The molecular formula is C13H13ClN2OS. The molecule has 1 amide bonds. The summed E-state index contributed by atoms with van der Waals surface area (Å²) in [7, 11) is 0. The zero-order valence-corrected chi connectivity index (χ0v) is 11.7. The Bertz CT molecular complexity index is 580. The highest BCUT2D eigenvalue weighted by atomic mass is 35.5. The molecule has 2 aromatic heterocycles. The van der Waals surface area contributed by atoms with Gasteiger partial charge in [-0.2, -0.15) is 0 Å². The van der Waals surface area contributed by atoms with Crippen LogP contribution >= 0.6 is 22.9 Å². The number of anilines is 1. The number of hydrogen-bond donors (Lipinski definition) is 1. The molecule has 0 saturated carbocycles. The zero-order valence-electron chi connectivity index (χ0n) is 10.2. The van der Waals surface area contributed by atoms with Crippen LogP contribution < -0.4 is 5.32 Å². The fourth-order valence-electron chi connectivity index (χ4n) is 1.63. The van der Waals surface area contributed by atoms with E-state index in [0.717, 1.165) is 22.4 Å². The predicted octanol–water partition coefficient (Wildman–Crippen LogP) is 3.92. The molecule has 1 N–H and O–H groups in total. The number of rotatable bonds is 3. The Morgan fingerprint density at radius 3 is 3.06 bits per heavy atom. The molecule has 0 atom stereocenters. The van der Waals surface area contributed by atoms with Crippen LogP contribution in [0.25, 0.3) is 0 Å². The van der Waals surface area contributed by atoms with E-state index in [1.54, 1.807) is 6.20 Å². The Hall–Kier alpha value is -1.39. The van der Waals surface area contributed by atoms with E-state index < -0.39 is 0 Å². The van der Waals surface area contributed by atoms with Crippen molar-refractivity contribution in [1.29, 1.82) is 0 Å². The van der Waals surface area contributed by atoms with Crippen LogP contribution in [0.3, 0.4) is 0 Å². The van der Waals surface area contributed by atoms with Crippen molar-refractivity contribution in [1.82, 2.24) is 4.98 Å². The molecule has 3 nitrogen and oxygen atoms in total. The lowest BCUT2D eigenvalue weighted by molar-refractivity contribution is 0.103. The smallest absolute Gasteiger partial charge is 0.266 e. The average Bonchev–Trinajstić information content (AvgIpc) is 2.82. The molecule has 0 saturated heterocycles. The Morgan fingerprint density at radius 2 is 2.33 bits per heavy atom. The van der Waals surface area contributed by atoms with Gasteiger partial charge >= 0.3 is 0 Å². The first-order valence-corrected chi connectivity index (χ1v) is 6.87. The van der Waals surface area contributed by atoms with Crippen LogP contribution in [0.5, 0.6) is 0 Å². The third-order valence-corrected chi connectivity index (χ3v) is 3.81. The van der Waals surface area contributed by atoms with E-state index in [4.69, 9.17) is 11.6 Å². The van der Waals surface area contributed by atoms with Gasteiger partial charge in [-0.1, -0.05) is 18.5 Å². The van der Waals surface area contributed by atoms with Crippen molar-refractivity contribution in [3.8, 4) is 0 Å². The van der Waals surface area contributed by atoms with Crippen LogP contribution in [0, 0.1) is 6.92 Å². The van der Waals surface area contributed by atoms with Gasteiger partial charge in [0.1, 0.15) is 0 Å². The van der Waals surface area contributed by atoms with Gasteiger partial charge in [-0.05, 0) is 42.0 Å². The second kappa shape index (κ2) is 5.50. The molecule has 2 heterocycles. The minimum absolute atomic E-state index is 0.129. The first-order valence-electron chi connectivity index (χ1n) is 5.61. The van der Waals surface area contributed by atoms with E-state index >= 15 is 0 Å². The monoisotopic (exact) mass is 280 g/mol. The van der Waals surface area contributed by atoms with Crippen molar-refractivity contribution in [2.45, 2.75) is 20.3 Å². The Labute approximate surface area is 115 Å². The van der Waals surface area contributed by atoms with E-state index in [-0.39, 0.29) is 5.91 Å². The number of aromatic nitrogens is 1. The summed E-state index contributed by atoms with van der Waals surface area (Å²) in [5.74, 6) is -0.129. The number of thiophene rings is 1. The van der Waals surface area contributed by atoms with Crippen molar-refractivity contribution in [2.24, 2.45) is 0 Å². The Balaban J connectivity index is 2.24. The number of nitrogens with one attached hydrogen (secondary N) is 1. The van der Waals surface area contributed by atoms with Gasteiger partial charge in [0.15, 0.2) is 5.15 Å². The molecular weight excluding hydrogens is 268 g/mol. The number of amides is 1. The van der Waals surface area contributed by atoms with Crippen LogP contribution in [-0.4, -0.2) is 10.9 Å². The summed E-state index contributed by atoms with van der Waals surface area (Å²) in [5.41, 5.74) is 2.56. The number of pyridine rings is 1. The van der Waals surface area contributed by atoms with Crippen molar-refractivity contribution in [3.63, 3.8) is 0 Å². The summed E-state index contributed by atoms with van der Waals surface area (Å²) in [6, 6.07) is 3.78. The normalized spacial score (nSPS) is 10.4. The highest BCUT2D eigenvalue weighted by Crippen LogP contribution is 2.23. The van der Waals surface area contributed by atoms with E-state index in [1.165, 1.54) is 11.3 Å². The van der Waals surface area contributed by atoms with E-state index in [0.29, 0.717) is 10.8 Å². The van der Waals surface area contributed by atoms with E-state index in [2.05, 4.69) is 10.3 Å². The molecule has 2 rings (SSSR count). The van der Waals surface area contributed by atoms with Crippen molar-refractivity contribution in [3.05, 3.63) is 44.9 Å². The van der Waals surface area contributed by atoms with Gasteiger partial charge in [-0.3, -0.25) is 4.79 Å². The fourth-order valence-corrected chi connectivity index (χ4v) is 2.67. The molecule has 94 valence electrons. The first kappa shape index (κ1) is 13.1. The van der Waals surface area contributed by atoms with Crippen molar-refractivity contribution < 1.29 is 4.79 Å². The number of hydrogen-bond acceptors (Lipinski definition) is 3. The minimum atomic E-state index is -0.129. The average molecular weight is 281 g/mol. The standard InChI is InChI=1S/C13H13ClN2OS/c1-3-9-4-5-18-11(9)13(17)16-10-6-8(2)7-15-12(10)14/h4-7H,3H2,1-2H3,(H,16,17). The summed E-state index contributed by atoms with van der Waals surface area (Å²) in [6.07, 6.45) is 2.51. The van der Waals surface area contributed by atoms with Crippen molar-refractivity contribution >= 4 is 34.5 Å². The largest absolute Gasteiger partial charge is 0.319 e. The molecule has 18 heavy (non-hydrogen) atoms. The molecule has 0 radical (unpaired) electrons. The maximum Gasteiger partial charge on any atom is 0.266 e. The number of nitrogens with zero attached hydrogens (tertiary/aromatic N) is 1. The number of aryl methyl sites for hydroxylation is 2. The van der Waals surface area contributed by atoms with Crippen LogP contribution in [0.4, 0.5) is 5.69 Å². The predicted molar refractivity (Wildman–Crippen MR) is 75.6 cm³/mol. The van der Waals surface area contributed by atoms with Gasteiger partial charge in [0.05, 0.1) is 10.6 Å². The molecule has 0 unspecified atom stereocenters. The Morgan fingerprint density at radius 1 is 1.56 bits per heavy atom. The molecule has 0 bridgehead atoms. The molecule has 0 spiro atoms. The van der Waals surface area contributed by atoms with Gasteiger partial charge in [0, 0.05) is 6.20 Å². The number of halogens is 1. The fraction of sp³-hybridized carbons (Fsp3) is 0.231. The van der Waals surface area contributed by atoms with Crippen LogP contribution in [-0.2, 0) is 6.42 Å². The summed E-state index contributed by atoms with van der Waals surface area (Å²) >= 11 is 7.39. The topological polar surface area (TPSA) is 42.0 Å². The molecule has 0 aliphatic heterocycles. The molecule has 0 aliphatic carbocycles. The zero-order chi connectivity index (χ0) is 13.1. The first-order chi connectivity index (χ1) is 8.61. The van der Waals surface area contributed by atoms with E-state index in [9.17, 15) is 4.79 Å². The quantitative estimate of drug-likeness (QED) is 0.866. The lowest BCUT2D eigenvalue weighted by Crippen LogP contribution is -2.12. The maximum atomic E-state index is 12.1. The second-order valence-corrected chi connectivity index (χ2v) is 5.21. The third kappa shape index (κ3) is 2.71. The molecule has 0 aliphatic rings. The molecule has 2 aromatic rings. The van der Waals surface area contributed by atoms with Crippen molar-refractivity contribution in [2.75, 3.05) is 5.32 Å².